The predicted octanol–water partition coefficient (Wildman–Crippen LogP) is 3.58. The first kappa shape index (κ1) is 19.5. The molecule has 0 bridgehead atoms. The molecule has 1 aromatic carbocycles. The molecular weight excluding hydrogens is 346 g/mol. The Kier molecular flexibility index (Phi) is 5.34. The average molecular weight is 370 g/mol. The summed E-state index contributed by atoms with van der Waals surface area (Å²) in [6.45, 7) is 10.2. The molecule has 1 N–H and O–H groups in total. The summed E-state index contributed by atoms with van der Waals surface area (Å²) in [5, 5.41) is 2.38. The molecule has 1 aliphatic rings. The summed E-state index contributed by atoms with van der Waals surface area (Å²) in [4.78, 5) is 25.2. The van der Waals surface area contributed by atoms with Crippen LogP contribution in [0.3, 0.4) is 0 Å². The summed E-state index contributed by atoms with van der Waals surface area (Å²) in [5.74, 6) is -2.43. The Morgan fingerprint density at radius 2 is 1.88 bits per heavy atom. The zero-order chi connectivity index (χ0) is 19.0. The van der Waals surface area contributed by atoms with Gasteiger partial charge in [-0.15, -0.1) is 0 Å². The van der Waals surface area contributed by atoms with E-state index in [1.54, 1.807) is 0 Å². The van der Waals surface area contributed by atoms with Gasteiger partial charge < -0.3 is 9.74 Å². The van der Waals surface area contributed by atoms with Crippen LogP contribution in [0.2, 0.25) is 18.1 Å². The molecule has 0 radical (unpaired) electrons. The molecule has 3 amide bonds. The van der Waals surface area contributed by atoms with Gasteiger partial charge in [-0.2, -0.15) is 0 Å². The number of halogens is 2. The first-order valence-electron chi connectivity index (χ1n) is 8.13. The second-order valence-electron chi connectivity index (χ2n) is 7.68. The highest BCUT2D eigenvalue weighted by atomic mass is 28.4. The molecule has 1 atom stereocenters. The Balaban J connectivity index is 2.34. The second kappa shape index (κ2) is 6.84. The quantitative estimate of drug-likeness (QED) is 0.637. The van der Waals surface area contributed by atoms with Gasteiger partial charge >= 0.3 is 6.03 Å². The maximum atomic E-state index is 13.7. The number of imide groups is 1. The molecule has 2 rings (SSSR count). The van der Waals surface area contributed by atoms with Crippen molar-refractivity contribution in [3.63, 3.8) is 0 Å². The average Bonchev–Trinajstić information content (AvgIpc) is 2.82. The van der Waals surface area contributed by atoms with Crippen molar-refractivity contribution in [1.82, 2.24) is 10.2 Å². The molecule has 138 valence electrons. The van der Waals surface area contributed by atoms with Gasteiger partial charge in [-0.3, -0.25) is 9.69 Å². The number of carbonyl (C=O) groups excluding carboxylic acids is 2. The molecule has 1 fully saturated rings. The molecule has 0 aromatic heterocycles. The van der Waals surface area contributed by atoms with Crippen LogP contribution in [-0.2, 0) is 9.22 Å². The summed E-state index contributed by atoms with van der Waals surface area (Å²) in [6, 6.07) is 2.01. The van der Waals surface area contributed by atoms with Crippen molar-refractivity contribution in [2.75, 3.05) is 13.2 Å². The lowest BCUT2D eigenvalue weighted by Gasteiger charge is -2.38. The molecule has 1 unspecified atom stereocenters. The monoisotopic (exact) mass is 370 g/mol. The third-order valence-corrected chi connectivity index (χ3v) is 9.43. The highest BCUT2D eigenvalue weighted by Crippen LogP contribution is 2.38. The summed E-state index contributed by atoms with van der Waals surface area (Å²) in [5.41, 5.74) is 0.322. The molecule has 5 nitrogen and oxygen atoms in total. The first-order chi connectivity index (χ1) is 11.4. The summed E-state index contributed by atoms with van der Waals surface area (Å²) in [7, 11) is -2.16. The van der Waals surface area contributed by atoms with Gasteiger partial charge in [0.25, 0.3) is 5.91 Å². The normalized spacial score (nSPS) is 17.0. The van der Waals surface area contributed by atoms with Gasteiger partial charge in [0.1, 0.15) is 0 Å². The number of benzene rings is 1. The van der Waals surface area contributed by atoms with Gasteiger partial charge in [0, 0.05) is 0 Å². The largest absolute Gasteiger partial charge is 0.414 e. The lowest BCUT2D eigenvalue weighted by molar-refractivity contribution is -0.127. The number of nitrogens with one attached hydrogen (secondary N) is 1. The van der Waals surface area contributed by atoms with Crippen molar-refractivity contribution in [3.8, 4) is 0 Å². The zero-order valence-electron chi connectivity index (χ0n) is 15.2. The zero-order valence-corrected chi connectivity index (χ0v) is 16.2. The highest BCUT2D eigenvalue weighted by Gasteiger charge is 2.41. The predicted molar refractivity (Wildman–Crippen MR) is 92.5 cm³/mol. The van der Waals surface area contributed by atoms with Crippen molar-refractivity contribution in [3.05, 3.63) is 35.4 Å². The summed E-state index contributed by atoms with van der Waals surface area (Å²) >= 11 is 0. The number of hydrogen-bond acceptors (Lipinski definition) is 3. The minimum Gasteiger partial charge on any atom is -0.414 e. The molecule has 0 aliphatic carbocycles. The van der Waals surface area contributed by atoms with E-state index in [2.05, 4.69) is 26.1 Å². The van der Waals surface area contributed by atoms with E-state index in [-0.39, 0.29) is 18.2 Å². The van der Waals surface area contributed by atoms with E-state index in [0.717, 1.165) is 17.0 Å². The smallest absolute Gasteiger partial charge is 0.325 e. The Hall–Kier alpha value is -1.80. The van der Waals surface area contributed by atoms with Crippen LogP contribution in [0.5, 0.6) is 0 Å². The van der Waals surface area contributed by atoms with Crippen LogP contribution < -0.4 is 5.32 Å². The lowest BCUT2D eigenvalue weighted by Crippen LogP contribution is -2.45. The number of urea groups is 1. The lowest BCUT2D eigenvalue weighted by atomic mass is 10.1. The maximum absolute atomic E-state index is 13.7. The van der Waals surface area contributed by atoms with Gasteiger partial charge in [-0.25, -0.2) is 13.6 Å². The molecule has 0 spiro atoms. The van der Waals surface area contributed by atoms with Gasteiger partial charge in [0.05, 0.1) is 19.2 Å². The van der Waals surface area contributed by atoms with Crippen LogP contribution in [0.25, 0.3) is 0 Å². The van der Waals surface area contributed by atoms with Crippen LogP contribution >= 0.6 is 0 Å². The Morgan fingerprint density at radius 1 is 1.24 bits per heavy atom. The van der Waals surface area contributed by atoms with Crippen molar-refractivity contribution in [2.24, 2.45) is 0 Å². The fourth-order valence-corrected chi connectivity index (χ4v) is 3.30. The van der Waals surface area contributed by atoms with Crippen LogP contribution in [0, 0.1) is 11.6 Å². The summed E-state index contributed by atoms with van der Waals surface area (Å²) < 4.78 is 33.1. The van der Waals surface area contributed by atoms with Crippen LogP contribution in [-0.4, -0.2) is 38.3 Å². The fourth-order valence-electron chi connectivity index (χ4n) is 2.29. The second-order valence-corrected chi connectivity index (χ2v) is 12.5. The van der Waals surface area contributed by atoms with E-state index >= 15 is 0 Å². The van der Waals surface area contributed by atoms with E-state index in [0.29, 0.717) is 5.56 Å². The number of nitrogens with zero attached hydrogens (tertiary/aromatic N) is 1. The molecular formula is C17H24F2N2O3Si. The number of carbonyl (C=O) groups is 2. The Morgan fingerprint density at radius 3 is 2.36 bits per heavy atom. The molecule has 1 heterocycles. The fraction of sp³-hybridized carbons (Fsp3) is 0.529. The van der Waals surface area contributed by atoms with Crippen molar-refractivity contribution >= 4 is 20.3 Å². The van der Waals surface area contributed by atoms with Gasteiger partial charge in [-0.05, 0) is 35.8 Å². The van der Waals surface area contributed by atoms with Crippen molar-refractivity contribution in [2.45, 2.75) is 44.9 Å². The minimum atomic E-state index is -2.16. The maximum Gasteiger partial charge on any atom is 0.325 e. The molecule has 1 saturated heterocycles. The SMILES string of the molecule is CC(C)(C)[Si](C)(C)OCC(c1ccc(F)c(F)c1)N1C(=O)CNC1=O. The third-order valence-electron chi connectivity index (χ3n) is 4.93. The third kappa shape index (κ3) is 4.06. The Bertz CT molecular complexity index is 673. The van der Waals surface area contributed by atoms with E-state index < -0.39 is 37.9 Å². The topological polar surface area (TPSA) is 58.6 Å². The number of rotatable bonds is 5. The molecule has 0 saturated carbocycles. The molecule has 8 heteroatoms. The summed E-state index contributed by atoms with van der Waals surface area (Å²) in [6.07, 6.45) is 0. The van der Waals surface area contributed by atoms with Crippen molar-refractivity contribution < 1.29 is 22.8 Å². The van der Waals surface area contributed by atoms with Crippen LogP contribution in [0.4, 0.5) is 13.6 Å². The highest BCUT2D eigenvalue weighted by molar-refractivity contribution is 6.74. The van der Waals surface area contributed by atoms with E-state index in [1.807, 2.05) is 13.1 Å². The Labute approximate surface area is 147 Å². The number of hydrogen-bond donors (Lipinski definition) is 1. The molecule has 1 aliphatic heterocycles. The van der Waals surface area contributed by atoms with E-state index in [9.17, 15) is 18.4 Å². The van der Waals surface area contributed by atoms with Crippen molar-refractivity contribution in [1.29, 1.82) is 0 Å². The van der Waals surface area contributed by atoms with Gasteiger partial charge in [-0.1, -0.05) is 26.8 Å². The van der Waals surface area contributed by atoms with E-state index in [4.69, 9.17) is 4.43 Å². The van der Waals surface area contributed by atoms with Crippen LogP contribution in [0.1, 0.15) is 32.4 Å². The standard InChI is InChI=1S/C17H24F2N2O3Si/c1-17(2,3)25(4,5)24-10-14(21-15(22)9-20-16(21)23)11-6-7-12(18)13(19)8-11/h6-8,14H,9-10H2,1-5H3,(H,20,23). The first-order valence-corrected chi connectivity index (χ1v) is 11.0. The van der Waals surface area contributed by atoms with Crippen LogP contribution in [0.15, 0.2) is 18.2 Å². The number of amides is 3. The van der Waals surface area contributed by atoms with Gasteiger partial charge in [0.15, 0.2) is 20.0 Å². The molecule has 1 aromatic rings. The van der Waals surface area contributed by atoms with Gasteiger partial charge in [0.2, 0.25) is 0 Å². The minimum absolute atomic E-state index is 0.0424. The molecule has 25 heavy (non-hydrogen) atoms. The van der Waals surface area contributed by atoms with E-state index in [1.165, 1.54) is 6.07 Å².